The smallest absolute Gasteiger partial charge is 0.345 e. The van der Waals surface area contributed by atoms with Crippen molar-refractivity contribution in [3.63, 3.8) is 0 Å². The number of rotatable bonds is 6. The summed E-state index contributed by atoms with van der Waals surface area (Å²) in [5.41, 5.74) is 1.14. The molecule has 0 bridgehead atoms. The minimum atomic E-state index is -0.815. The molecule has 20 heavy (non-hydrogen) atoms. The van der Waals surface area contributed by atoms with E-state index in [0.717, 1.165) is 22.9 Å². The summed E-state index contributed by atoms with van der Waals surface area (Å²) in [6, 6.07) is 2.42. The molecule has 1 fully saturated rings. The van der Waals surface area contributed by atoms with Gasteiger partial charge in [0.15, 0.2) is 0 Å². The predicted molar refractivity (Wildman–Crippen MR) is 83.5 cm³/mol. The van der Waals surface area contributed by atoms with E-state index in [1.807, 2.05) is 13.0 Å². The van der Waals surface area contributed by atoms with Gasteiger partial charge in [-0.3, -0.25) is 0 Å². The van der Waals surface area contributed by atoms with Gasteiger partial charge < -0.3 is 10.4 Å². The molecule has 112 valence electrons. The first kappa shape index (κ1) is 15.5. The number of hydrogen-bond acceptors (Lipinski definition) is 3. The molecular formula is C16H25NO2S. The van der Waals surface area contributed by atoms with Gasteiger partial charge in [0, 0.05) is 17.5 Å². The second-order valence-electron chi connectivity index (χ2n) is 5.88. The Morgan fingerprint density at radius 1 is 1.40 bits per heavy atom. The molecule has 0 unspecified atom stereocenters. The van der Waals surface area contributed by atoms with Crippen LogP contribution in [0.15, 0.2) is 6.07 Å². The van der Waals surface area contributed by atoms with Gasteiger partial charge in [0.05, 0.1) is 0 Å². The average molecular weight is 295 g/mol. The lowest BCUT2D eigenvalue weighted by atomic mass is 9.83. The third kappa shape index (κ3) is 4.06. The van der Waals surface area contributed by atoms with Crippen LogP contribution in [0.25, 0.3) is 0 Å². The lowest BCUT2D eigenvalue weighted by molar-refractivity contribution is 0.0702. The Kier molecular flexibility index (Phi) is 5.61. The summed E-state index contributed by atoms with van der Waals surface area (Å²) in [7, 11) is 0. The molecule has 0 amide bonds. The highest BCUT2D eigenvalue weighted by atomic mass is 32.1. The molecule has 0 atom stereocenters. The number of carboxylic acid groups (broad SMARTS) is 1. The molecule has 2 rings (SSSR count). The molecule has 0 aromatic carbocycles. The fourth-order valence-electron chi connectivity index (χ4n) is 3.12. The van der Waals surface area contributed by atoms with Crippen LogP contribution in [-0.4, -0.2) is 17.1 Å². The van der Waals surface area contributed by atoms with E-state index in [4.69, 9.17) is 5.11 Å². The lowest BCUT2D eigenvalue weighted by Gasteiger charge is -2.29. The third-order valence-electron chi connectivity index (χ3n) is 4.36. The maximum absolute atomic E-state index is 11.0. The van der Waals surface area contributed by atoms with Gasteiger partial charge in [-0.05, 0) is 50.2 Å². The van der Waals surface area contributed by atoms with Crippen molar-refractivity contribution in [2.24, 2.45) is 5.92 Å². The van der Waals surface area contributed by atoms with Crippen molar-refractivity contribution in [2.45, 2.75) is 65.0 Å². The minimum absolute atomic E-state index is 0.450. The molecule has 1 aliphatic carbocycles. The number of nitrogens with one attached hydrogen (secondary N) is 1. The van der Waals surface area contributed by atoms with Crippen LogP contribution in [0.2, 0.25) is 0 Å². The van der Waals surface area contributed by atoms with Crippen LogP contribution in [0.5, 0.6) is 0 Å². The zero-order valence-corrected chi connectivity index (χ0v) is 13.3. The van der Waals surface area contributed by atoms with Gasteiger partial charge in [-0.15, -0.1) is 11.3 Å². The van der Waals surface area contributed by atoms with E-state index in [1.165, 1.54) is 49.9 Å². The number of aryl methyl sites for hydroxylation is 1. The average Bonchev–Trinajstić information content (AvgIpc) is 2.80. The van der Waals surface area contributed by atoms with E-state index >= 15 is 0 Å². The molecule has 3 nitrogen and oxygen atoms in total. The van der Waals surface area contributed by atoms with Crippen LogP contribution < -0.4 is 5.32 Å². The quantitative estimate of drug-likeness (QED) is 0.826. The highest BCUT2D eigenvalue weighted by Gasteiger charge is 2.20. The van der Waals surface area contributed by atoms with Crippen LogP contribution in [0, 0.1) is 12.8 Å². The van der Waals surface area contributed by atoms with Crippen molar-refractivity contribution in [2.75, 3.05) is 0 Å². The van der Waals surface area contributed by atoms with Gasteiger partial charge in [0.25, 0.3) is 0 Å². The standard InChI is InChI=1S/C16H25NO2S/c1-3-4-12-5-7-14(8-6-12)17-10-13-9-15(16(18)19)20-11(13)2/h9,12,14,17H,3-8,10H2,1-2H3,(H,18,19). The van der Waals surface area contributed by atoms with E-state index in [0.29, 0.717) is 10.9 Å². The number of carboxylic acids is 1. The third-order valence-corrected chi connectivity index (χ3v) is 5.44. The summed E-state index contributed by atoms with van der Waals surface area (Å²) in [4.78, 5) is 12.5. The topological polar surface area (TPSA) is 49.3 Å². The molecule has 0 aliphatic heterocycles. The largest absolute Gasteiger partial charge is 0.477 e. The van der Waals surface area contributed by atoms with E-state index in [-0.39, 0.29) is 0 Å². The summed E-state index contributed by atoms with van der Waals surface area (Å²) in [5, 5.41) is 12.6. The number of hydrogen-bond donors (Lipinski definition) is 2. The summed E-state index contributed by atoms with van der Waals surface area (Å²) in [6.07, 6.45) is 7.88. The van der Waals surface area contributed by atoms with Crippen LogP contribution >= 0.6 is 11.3 Å². The van der Waals surface area contributed by atoms with Gasteiger partial charge in [0.1, 0.15) is 4.88 Å². The molecule has 1 heterocycles. The Bertz CT molecular complexity index is 447. The number of carbonyl (C=O) groups is 1. The highest BCUT2D eigenvalue weighted by molar-refractivity contribution is 7.14. The molecule has 1 aromatic rings. The fourth-order valence-corrected chi connectivity index (χ4v) is 4.00. The lowest BCUT2D eigenvalue weighted by Crippen LogP contribution is -2.32. The first-order chi connectivity index (χ1) is 9.60. The second kappa shape index (κ2) is 7.23. The van der Waals surface area contributed by atoms with Crippen molar-refractivity contribution in [3.05, 3.63) is 21.4 Å². The Labute approximate surface area is 125 Å². The molecule has 1 aliphatic rings. The predicted octanol–water partition coefficient (Wildman–Crippen LogP) is 4.20. The van der Waals surface area contributed by atoms with Gasteiger partial charge in [-0.2, -0.15) is 0 Å². The van der Waals surface area contributed by atoms with Crippen LogP contribution in [0.4, 0.5) is 0 Å². The molecule has 1 aromatic heterocycles. The first-order valence-corrected chi connectivity index (χ1v) is 8.47. The van der Waals surface area contributed by atoms with Gasteiger partial charge in [-0.25, -0.2) is 4.79 Å². The van der Waals surface area contributed by atoms with Crippen LogP contribution in [0.3, 0.4) is 0 Å². The Morgan fingerprint density at radius 3 is 2.65 bits per heavy atom. The van der Waals surface area contributed by atoms with Crippen molar-refractivity contribution in [1.82, 2.24) is 5.32 Å². The molecule has 0 radical (unpaired) electrons. The molecule has 0 spiro atoms. The van der Waals surface area contributed by atoms with E-state index in [2.05, 4.69) is 12.2 Å². The zero-order valence-electron chi connectivity index (χ0n) is 12.4. The van der Waals surface area contributed by atoms with Crippen molar-refractivity contribution in [3.8, 4) is 0 Å². The van der Waals surface area contributed by atoms with Crippen molar-refractivity contribution in [1.29, 1.82) is 0 Å². The maximum atomic E-state index is 11.0. The number of thiophene rings is 1. The first-order valence-electron chi connectivity index (χ1n) is 7.66. The fraction of sp³-hybridized carbons (Fsp3) is 0.688. The normalized spacial score (nSPS) is 22.9. The van der Waals surface area contributed by atoms with Crippen molar-refractivity contribution >= 4 is 17.3 Å². The van der Waals surface area contributed by atoms with Gasteiger partial charge in [0.2, 0.25) is 0 Å². The van der Waals surface area contributed by atoms with E-state index in [9.17, 15) is 4.79 Å². The highest BCUT2D eigenvalue weighted by Crippen LogP contribution is 2.28. The van der Waals surface area contributed by atoms with Gasteiger partial charge in [-0.1, -0.05) is 19.8 Å². The molecule has 4 heteroatoms. The van der Waals surface area contributed by atoms with Crippen LogP contribution in [0.1, 0.15) is 65.6 Å². The van der Waals surface area contributed by atoms with Crippen molar-refractivity contribution < 1.29 is 9.90 Å². The van der Waals surface area contributed by atoms with E-state index in [1.54, 1.807) is 0 Å². The second-order valence-corrected chi connectivity index (χ2v) is 7.14. The monoisotopic (exact) mass is 295 g/mol. The SMILES string of the molecule is CCCC1CCC(NCc2cc(C(=O)O)sc2C)CC1. The summed E-state index contributed by atoms with van der Waals surface area (Å²) < 4.78 is 0. The summed E-state index contributed by atoms with van der Waals surface area (Å²) in [6.45, 7) is 5.08. The molecule has 1 saturated carbocycles. The number of aromatic carboxylic acids is 1. The molecule has 0 saturated heterocycles. The zero-order chi connectivity index (χ0) is 14.5. The van der Waals surface area contributed by atoms with Crippen LogP contribution in [-0.2, 0) is 6.54 Å². The Hall–Kier alpha value is -0.870. The summed E-state index contributed by atoms with van der Waals surface area (Å²) in [5.74, 6) is 0.115. The Morgan fingerprint density at radius 2 is 2.10 bits per heavy atom. The molecule has 2 N–H and O–H groups in total. The maximum Gasteiger partial charge on any atom is 0.345 e. The minimum Gasteiger partial charge on any atom is -0.477 e. The van der Waals surface area contributed by atoms with E-state index < -0.39 is 5.97 Å². The van der Waals surface area contributed by atoms with Gasteiger partial charge >= 0.3 is 5.97 Å². The molecular weight excluding hydrogens is 270 g/mol. The summed E-state index contributed by atoms with van der Waals surface area (Å²) >= 11 is 1.38. The Balaban J connectivity index is 1.80.